The third kappa shape index (κ3) is 1.52. The summed E-state index contributed by atoms with van der Waals surface area (Å²) in [6.45, 7) is 15.9. The van der Waals surface area contributed by atoms with Gasteiger partial charge in [-0.2, -0.15) is 5.26 Å². The number of hydrogen-bond donors (Lipinski definition) is 0. The second kappa shape index (κ2) is 4.10. The van der Waals surface area contributed by atoms with Crippen LogP contribution in [0.2, 0.25) is 0 Å². The van der Waals surface area contributed by atoms with E-state index in [-0.39, 0.29) is 10.8 Å². The Labute approximate surface area is 117 Å². The quantitative estimate of drug-likeness (QED) is 0.693. The normalized spacial score (nSPS) is 28.0. The molecule has 0 heterocycles. The second-order valence-corrected chi connectivity index (χ2v) is 6.88. The number of fused-ring (bicyclic) bond motifs is 1. The number of hydrogen-bond acceptors (Lipinski definition) is 1. The van der Waals surface area contributed by atoms with E-state index in [1.54, 1.807) is 0 Å². The summed E-state index contributed by atoms with van der Waals surface area (Å²) in [6, 6.07) is 4.65. The van der Waals surface area contributed by atoms with Crippen LogP contribution in [-0.4, -0.2) is 0 Å². The van der Waals surface area contributed by atoms with Crippen molar-refractivity contribution in [2.24, 2.45) is 5.41 Å². The van der Waals surface area contributed by atoms with E-state index in [9.17, 15) is 5.26 Å². The summed E-state index contributed by atoms with van der Waals surface area (Å²) in [4.78, 5) is 0. The maximum Gasteiger partial charge on any atom is 0.0997 e. The zero-order chi connectivity index (χ0) is 14.6. The van der Waals surface area contributed by atoms with Gasteiger partial charge in [-0.3, -0.25) is 0 Å². The van der Waals surface area contributed by atoms with E-state index in [0.717, 1.165) is 17.5 Å². The molecule has 0 saturated heterocycles. The number of aryl methyl sites for hydroxylation is 1. The number of rotatable bonds is 1. The first-order valence-electron chi connectivity index (χ1n) is 7.27. The molecule has 0 radical (unpaired) electrons. The summed E-state index contributed by atoms with van der Waals surface area (Å²) in [7, 11) is 0. The number of benzene rings is 1. The highest BCUT2D eigenvalue weighted by atomic mass is 14.6. The molecule has 19 heavy (non-hydrogen) atoms. The van der Waals surface area contributed by atoms with Crippen molar-refractivity contribution >= 4 is 0 Å². The van der Waals surface area contributed by atoms with E-state index in [1.165, 1.54) is 16.7 Å². The fourth-order valence-electron chi connectivity index (χ4n) is 4.16. The average molecular weight is 255 g/mol. The molecule has 0 saturated carbocycles. The fourth-order valence-corrected chi connectivity index (χ4v) is 4.16. The van der Waals surface area contributed by atoms with Crippen molar-refractivity contribution in [2.75, 3.05) is 0 Å². The Morgan fingerprint density at radius 2 is 1.84 bits per heavy atom. The highest BCUT2D eigenvalue weighted by molar-refractivity contribution is 5.58. The molecule has 0 amide bonds. The van der Waals surface area contributed by atoms with E-state index in [1.807, 2.05) is 0 Å². The van der Waals surface area contributed by atoms with Gasteiger partial charge in [-0.1, -0.05) is 40.7 Å². The smallest absolute Gasteiger partial charge is 0.0997 e. The summed E-state index contributed by atoms with van der Waals surface area (Å²) in [6.07, 6.45) is 1.16. The monoisotopic (exact) mass is 255 g/mol. The van der Waals surface area contributed by atoms with Crippen LogP contribution in [-0.2, 0) is 5.41 Å². The maximum atomic E-state index is 9.38. The maximum absolute atomic E-state index is 9.38. The van der Waals surface area contributed by atoms with Crippen molar-refractivity contribution in [3.63, 3.8) is 0 Å². The van der Waals surface area contributed by atoms with Crippen LogP contribution in [0.3, 0.4) is 0 Å². The fraction of sp³-hybridized carbons (Fsp3) is 0.611. The second-order valence-electron chi connectivity index (χ2n) is 6.88. The highest BCUT2D eigenvalue weighted by Gasteiger charge is 2.52. The SMILES string of the molecule is CC[C@@]1(C)[C@@H](C)c2c(cc(C)c(C#N)c2C)C1(C)C. The minimum atomic E-state index is 0.167. The first-order chi connectivity index (χ1) is 8.72. The third-order valence-corrected chi connectivity index (χ3v) is 6.16. The van der Waals surface area contributed by atoms with Crippen LogP contribution in [0.4, 0.5) is 0 Å². The van der Waals surface area contributed by atoms with Crippen molar-refractivity contribution in [1.82, 2.24) is 0 Å². The molecule has 1 aromatic carbocycles. The Balaban J connectivity index is 2.84. The van der Waals surface area contributed by atoms with Crippen LogP contribution in [0.15, 0.2) is 6.07 Å². The van der Waals surface area contributed by atoms with Crippen LogP contribution < -0.4 is 0 Å². The molecule has 0 bridgehead atoms. The molecule has 1 aliphatic carbocycles. The first-order valence-corrected chi connectivity index (χ1v) is 7.27. The standard InChI is InChI=1S/C18H25N/c1-8-18(7)13(4)16-12(3)14(10-19)11(2)9-15(16)17(18,5)6/h9,13H,8H2,1-7H3/t13-,18-/m0/s1. The van der Waals surface area contributed by atoms with E-state index < -0.39 is 0 Å². The van der Waals surface area contributed by atoms with E-state index >= 15 is 0 Å². The van der Waals surface area contributed by atoms with Crippen LogP contribution in [0.5, 0.6) is 0 Å². The largest absolute Gasteiger partial charge is 0.192 e. The molecule has 102 valence electrons. The molecule has 0 fully saturated rings. The Bertz CT molecular complexity index is 574. The van der Waals surface area contributed by atoms with Crippen LogP contribution in [0.25, 0.3) is 0 Å². The lowest BCUT2D eigenvalue weighted by atomic mass is 9.62. The van der Waals surface area contributed by atoms with Gasteiger partial charge in [0.15, 0.2) is 0 Å². The molecular formula is C18H25N. The van der Waals surface area contributed by atoms with Gasteiger partial charge >= 0.3 is 0 Å². The molecule has 1 nitrogen and oxygen atoms in total. The topological polar surface area (TPSA) is 23.8 Å². The average Bonchev–Trinajstić information content (AvgIpc) is 2.49. The van der Waals surface area contributed by atoms with Gasteiger partial charge in [0.25, 0.3) is 0 Å². The summed E-state index contributed by atoms with van der Waals surface area (Å²) < 4.78 is 0. The lowest BCUT2D eigenvalue weighted by Gasteiger charge is -2.41. The van der Waals surface area contributed by atoms with Gasteiger partial charge in [-0.15, -0.1) is 0 Å². The summed E-state index contributed by atoms with van der Waals surface area (Å²) in [5, 5.41) is 9.38. The van der Waals surface area contributed by atoms with E-state index in [0.29, 0.717) is 5.92 Å². The van der Waals surface area contributed by atoms with Crippen molar-refractivity contribution in [3.8, 4) is 6.07 Å². The van der Waals surface area contributed by atoms with Crippen LogP contribution in [0.1, 0.15) is 74.8 Å². The molecule has 0 aliphatic heterocycles. The highest BCUT2D eigenvalue weighted by Crippen LogP contribution is 2.61. The first kappa shape index (κ1) is 14.1. The predicted octanol–water partition coefficient (Wildman–Crippen LogP) is 4.99. The molecular weight excluding hydrogens is 230 g/mol. The van der Waals surface area contributed by atoms with Gasteiger partial charge in [0.05, 0.1) is 11.6 Å². The molecule has 1 aliphatic rings. The van der Waals surface area contributed by atoms with Gasteiger partial charge < -0.3 is 0 Å². The van der Waals surface area contributed by atoms with Crippen LogP contribution in [0, 0.1) is 30.6 Å². The van der Waals surface area contributed by atoms with E-state index in [4.69, 9.17) is 0 Å². The molecule has 2 rings (SSSR count). The van der Waals surface area contributed by atoms with E-state index in [2.05, 4.69) is 60.6 Å². The molecule has 0 N–H and O–H groups in total. The predicted molar refractivity (Wildman–Crippen MR) is 80.5 cm³/mol. The zero-order valence-corrected chi connectivity index (χ0v) is 13.3. The number of nitrogens with zero attached hydrogens (tertiary/aromatic N) is 1. The van der Waals surface area contributed by atoms with Crippen molar-refractivity contribution < 1.29 is 0 Å². The Kier molecular flexibility index (Phi) is 3.05. The van der Waals surface area contributed by atoms with Gasteiger partial charge in [-0.05, 0) is 59.3 Å². The van der Waals surface area contributed by atoms with Gasteiger partial charge in [0, 0.05) is 0 Å². The Hall–Kier alpha value is -1.29. The van der Waals surface area contributed by atoms with Gasteiger partial charge in [-0.25, -0.2) is 0 Å². The minimum absolute atomic E-state index is 0.167. The summed E-state index contributed by atoms with van der Waals surface area (Å²) >= 11 is 0. The molecule has 0 unspecified atom stereocenters. The molecule has 1 heteroatoms. The van der Waals surface area contributed by atoms with Crippen LogP contribution >= 0.6 is 0 Å². The van der Waals surface area contributed by atoms with Gasteiger partial charge in [0.1, 0.15) is 0 Å². The van der Waals surface area contributed by atoms with Crippen molar-refractivity contribution in [1.29, 1.82) is 5.26 Å². The molecule has 1 aromatic rings. The van der Waals surface area contributed by atoms with Gasteiger partial charge in [0.2, 0.25) is 0 Å². The summed E-state index contributed by atoms with van der Waals surface area (Å²) in [5.41, 5.74) is 6.52. The summed E-state index contributed by atoms with van der Waals surface area (Å²) in [5.74, 6) is 0.509. The lowest BCUT2D eigenvalue weighted by molar-refractivity contribution is 0.155. The lowest BCUT2D eigenvalue weighted by Crippen LogP contribution is -2.36. The molecule has 2 atom stereocenters. The van der Waals surface area contributed by atoms with Crippen molar-refractivity contribution in [3.05, 3.63) is 33.9 Å². The zero-order valence-electron chi connectivity index (χ0n) is 13.3. The third-order valence-electron chi connectivity index (χ3n) is 6.16. The molecule has 0 aromatic heterocycles. The molecule has 0 spiro atoms. The Morgan fingerprint density at radius 1 is 1.26 bits per heavy atom. The Morgan fingerprint density at radius 3 is 2.32 bits per heavy atom. The van der Waals surface area contributed by atoms with Crippen molar-refractivity contribution in [2.45, 2.75) is 66.2 Å². The minimum Gasteiger partial charge on any atom is -0.192 e. The number of nitriles is 1.